The van der Waals surface area contributed by atoms with E-state index in [9.17, 15) is 20.1 Å². The van der Waals surface area contributed by atoms with Crippen LogP contribution in [0.25, 0.3) is 0 Å². The van der Waals surface area contributed by atoms with Crippen LogP contribution in [0.1, 0.15) is 24.0 Å². The zero-order valence-electron chi connectivity index (χ0n) is 12.2. The highest BCUT2D eigenvalue weighted by Crippen LogP contribution is 2.72. The van der Waals surface area contributed by atoms with Crippen molar-refractivity contribution in [2.45, 2.75) is 41.9 Å². The zero-order valence-corrected chi connectivity index (χ0v) is 12.2. The lowest BCUT2D eigenvalue weighted by Gasteiger charge is -2.48. The van der Waals surface area contributed by atoms with Gasteiger partial charge < -0.3 is 15.3 Å². The fourth-order valence-corrected chi connectivity index (χ4v) is 5.70. The molecule has 5 unspecified atom stereocenters. The van der Waals surface area contributed by atoms with E-state index in [0.29, 0.717) is 12.0 Å². The van der Waals surface area contributed by atoms with Crippen molar-refractivity contribution in [3.63, 3.8) is 0 Å². The van der Waals surface area contributed by atoms with Crippen LogP contribution in [0.15, 0.2) is 24.3 Å². The van der Waals surface area contributed by atoms with Crippen molar-refractivity contribution in [1.82, 2.24) is 4.90 Å². The van der Waals surface area contributed by atoms with Crippen LogP contribution >= 0.6 is 0 Å². The van der Waals surface area contributed by atoms with Crippen LogP contribution in [0, 0.1) is 0 Å². The van der Waals surface area contributed by atoms with E-state index < -0.39 is 11.0 Å². The highest BCUT2D eigenvalue weighted by atomic mass is 16.3. The van der Waals surface area contributed by atoms with E-state index >= 15 is 0 Å². The SMILES string of the molecule is CN1C2C13Cc1ccc(O)c(O)c1C1(CC(=O)C=CC21O)C3. The number of ketones is 1. The number of aliphatic hydroxyl groups is 1. The summed E-state index contributed by atoms with van der Waals surface area (Å²) in [7, 11) is 2.00. The Labute approximate surface area is 127 Å². The third kappa shape index (κ3) is 1.03. The summed E-state index contributed by atoms with van der Waals surface area (Å²) < 4.78 is 0. The van der Waals surface area contributed by atoms with Gasteiger partial charge in [0, 0.05) is 22.9 Å². The van der Waals surface area contributed by atoms with E-state index in [0.717, 1.165) is 12.0 Å². The number of likely N-dealkylation sites (N-methyl/N-ethyl adjacent to an activating group) is 1. The number of fused-ring (bicyclic) bond motifs is 2. The summed E-state index contributed by atoms with van der Waals surface area (Å²) in [5.74, 6) is -0.417. The van der Waals surface area contributed by atoms with E-state index in [1.807, 2.05) is 13.1 Å². The van der Waals surface area contributed by atoms with Crippen LogP contribution in [0.4, 0.5) is 0 Å². The van der Waals surface area contributed by atoms with Crippen molar-refractivity contribution in [2.75, 3.05) is 7.05 Å². The van der Waals surface area contributed by atoms with Gasteiger partial charge in [0.05, 0.1) is 6.04 Å². The molecule has 22 heavy (non-hydrogen) atoms. The van der Waals surface area contributed by atoms with Gasteiger partial charge in [0.1, 0.15) is 5.60 Å². The lowest BCUT2D eigenvalue weighted by Crippen LogP contribution is -2.56. The van der Waals surface area contributed by atoms with Gasteiger partial charge in [-0.25, -0.2) is 0 Å². The van der Waals surface area contributed by atoms with Crippen molar-refractivity contribution in [1.29, 1.82) is 0 Å². The van der Waals surface area contributed by atoms with E-state index in [4.69, 9.17) is 0 Å². The molecule has 114 valence electrons. The molecular weight excluding hydrogens is 282 g/mol. The second-order valence-electron chi connectivity index (χ2n) is 7.32. The number of phenolic OH excluding ortho intramolecular Hbond substituents is 2. The Bertz CT molecular complexity index is 787. The van der Waals surface area contributed by atoms with Gasteiger partial charge >= 0.3 is 0 Å². The monoisotopic (exact) mass is 299 g/mol. The second-order valence-corrected chi connectivity index (χ2v) is 7.32. The number of likely N-dealkylation sites (tertiary alicyclic amines) is 1. The molecule has 2 fully saturated rings. The summed E-state index contributed by atoms with van der Waals surface area (Å²) in [6.45, 7) is 0. The van der Waals surface area contributed by atoms with Gasteiger partial charge in [0.25, 0.3) is 0 Å². The molecule has 2 bridgehead atoms. The van der Waals surface area contributed by atoms with E-state index in [1.54, 1.807) is 6.08 Å². The highest BCUT2D eigenvalue weighted by molar-refractivity contribution is 5.94. The molecule has 1 aromatic rings. The molecule has 1 saturated carbocycles. The van der Waals surface area contributed by atoms with Crippen molar-refractivity contribution in [3.05, 3.63) is 35.4 Å². The minimum atomic E-state index is -1.17. The number of carbonyl (C=O) groups is 1. The first kappa shape index (κ1) is 12.7. The number of phenols is 2. The summed E-state index contributed by atoms with van der Waals surface area (Å²) in [6, 6.07) is 3.26. The summed E-state index contributed by atoms with van der Waals surface area (Å²) in [4.78, 5) is 14.3. The molecule has 1 saturated heterocycles. The fraction of sp³-hybridized carbons (Fsp3) is 0.471. The first-order valence-electron chi connectivity index (χ1n) is 7.57. The predicted molar refractivity (Wildman–Crippen MR) is 77.8 cm³/mol. The summed E-state index contributed by atoms with van der Waals surface area (Å²) >= 11 is 0. The highest BCUT2D eigenvalue weighted by Gasteiger charge is 2.83. The lowest BCUT2D eigenvalue weighted by molar-refractivity contribution is -0.120. The number of benzene rings is 1. The Hall–Kier alpha value is -1.85. The maximum Gasteiger partial charge on any atom is 0.161 e. The van der Waals surface area contributed by atoms with Gasteiger partial charge in [0.2, 0.25) is 0 Å². The third-order valence-electron chi connectivity index (χ3n) is 6.54. The molecule has 5 rings (SSSR count). The molecule has 1 aromatic carbocycles. The largest absolute Gasteiger partial charge is 0.504 e. The van der Waals surface area contributed by atoms with Crippen molar-refractivity contribution >= 4 is 5.78 Å². The Morgan fingerprint density at radius 1 is 1.27 bits per heavy atom. The molecular formula is C17H17NO4. The molecule has 5 heteroatoms. The van der Waals surface area contributed by atoms with Crippen LogP contribution < -0.4 is 0 Å². The number of allylic oxidation sites excluding steroid dienone is 1. The van der Waals surface area contributed by atoms with Gasteiger partial charge in [-0.1, -0.05) is 6.07 Å². The van der Waals surface area contributed by atoms with E-state index in [2.05, 4.69) is 4.90 Å². The molecule has 0 radical (unpaired) electrons. The summed E-state index contributed by atoms with van der Waals surface area (Å²) in [5, 5.41) is 31.8. The predicted octanol–water partition coefficient (Wildman–Crippen LogP) is 0.608. The maximum absolute atomic E-state index is 12.1. The molecule has 4 aliphatic rings. The molecule has 2 spiro atoms. The van der Waals surface area contributed by atoms with Gasteiger partial charge in [0.15, 0.2) is 17.3 Å². The van der Waals surface area contributed by atoms with Crippen LogP contribution in [0.2, 0.25) is 0 Å². The molecule has 3 N–H and O–H groups in total. The van der Waals surface area contributed by atoms with Gasteiger partial charge in [-0.3, -0.25) is 9.69 Å². The second kappa shape index (κ2) is 3.24. The summed E-state index contributed by atoms with van der Waals surface area (Å²) in [6.07, 6.45) is 4.62. The molecule has 0 aromatic heterocycles. The zero-order chi connectivity index (χ0) is 15.5. The minimum absolute atomic E-state index is 0.0422. The normalized spacial score (nSPS) is 46.9. The minimum Gasteiger partial charge on any atom is -0.504 e. The molecule has 1 aliphatic heterocycles. The molecule has 0 amide bonds. The lowest BCUT2D eigenvalue weighted by atomic mass is 9.59. The Kier molecular flexibility index (Phi) is 1.86. The van der Waals surface area contributed by atoms with Crippen LogP contribution in [0.5, 0.6) is 11.5 Å². The van der Waals surface area contributed by atoms with Crippen LogP contribution in [0.3, 0.4) is 0 Å². The Balaban J connectivity index is 1.87. The van der Waals surface area contributed by atoms with Gasteiger partial charge in [-0.05, 0) is 43.7 Å². The van der Waals surface area contributed by atoms with Crippen molar-refractivity contribution in [3.8, 4) is 11.5 Å². The number of hydrogen-bond donors (Lipinski definition) is 3. The number of aromatic hydroxyl groups is 2. The Morgan fingerprint density at radius 3 is 2.82 bits per heavy atom. The third-order valence-corrected chi connectivity index (χ3v) is 6.54. The summed E-state index contributed by atoms with van der Waals surface area (Å²) in [5.41, 5.74) is -0.646. The smallest absolute Gasteiger partial charge is 0.161 e. The standard InChI is InChI=1S/C17H17NO4/c1-18-14-16(18)6-9-2-3-11(20)13(21)12(9)15(8-16)7-10(19)4-5-17(14,15)22/h2-5,14,20-22H,6-8H2,1H3. The quantitative estimate of drug-likeness (QED) is 0.483. The molecule has 3 aliphatic carbocycles. The topological polar surface area (TPSA) is 80.8 Å². The number of hydrogen-bond acceptors (Lipinski definition) is 5. The van der Waals surface area contributed by atoms with E-state index in [-0.39, 0.29) is 35.3 Å². The average Bonchev–Trinajstić information content (AvgIpc) is 2.94. The molecule has 5 atom stereocenters. The maximum atomic E-state index is 12.1. The first-order chi connectivity index (χ1) is 10.4. The van der Waals surface area contributed by atoms with Crippen LogP contribution in [-0.2, 0) is 16.6 Å². The average molecular weight is 299 g/mol. The Morgan fingerprint density at radius 2 is 2.05 bits per heavy atom. The van der Waals surface area contributed by atoms with Crippen molar-refractivity contribution < 1.29 is 20.1 Å². The fourth-order valence-electron chi connectivity index (χ4n) is 5.70. The van der Waals surface area contributed by atoms with Gasteiger partial charge in [-0.15, -0.1) is 0 Å². The first-order valence-corrected chi connectivity index (χ1v) is 7.57. The van der Waals surface area contributed by atoms with Crippen molar-refractivity contribution in [2.24, 2.45) is 0 Å². The van der Waals surface area contributed by atoms with Crippen LogP contribution in [-0.4, -0.2) is 50.2 Å². The van der Waals surface area contributed by atoms with Gasteiger partial charge in [-0.2, -0.15) is 0 Å². The number of nitrogens with zero attached hydrogens (tertiary/aromatic N) is 1. The van der Waals surface area contributed by atoms with E-state index in [1.165, 1.54) is 12.1 Å². The number of rotatable bonds is 0. The molecule has 1 heterocycles. The number of piperidine rings is 1. The number of carbonyl (C=O) groups excluding carboxylic acids is 1. The molecule has 5 nitrogen and oxygen atoms in total.